The molecule has 0 saturated heterocycles. The Hall–Kier alpha value is -18.8. The molecule has 137 heavy (non-hydrogen) atoms. The summed E-state index contributed by atoms with van der Waals surface area (Å²) in [4.78, 5) is 4.41. The van der Waals surface area contributed by atoms with E-state index in [-0.39, 0.29) is 0 Å². The van der Waals surface area contributed by atoms with Crippen molar-refractivity contribution in [2.75, 3.05) is 0 Å². The van der Waals surface area contributed by atoms with Gasteiger partial charge in [-0.2, -0.15) is 15.8 Å². The number of nitrogens with zero attached hydrogens (tertiary/aromatic N) is 4. The van der Waals surface area contributed by atoms with Crippen LogP contribution in [0.25, 0.3) is 251 Å². The number of aromatic nitrogens is 1. The molecule has 0 fully saturated rings. The zero-order chi connectivity index (χ0) is 90.6. The van der Waals surface area contributed by atoms with Crippen molar-refractivity contribution in [2.24, 2.45) is 0 Å². The van der Waals surface area contributed by atoms with Gasteiger partial charge in [0, 0.05) is 67.0 Å². The van der Waals surface area contributed by atoms with Crippen molar-refractivity contribution in [3.63, 3.8) is 0 Å². The van der Waals surface area contributed by atoms with Gasteiger partial charge in [0.25, 0.3) is 0 Å². The largest absolute Gasteiger partial charge is 0.456 e. The summed E-state index contributed by atoms with van der Waals surface area (Å²) in [6.45, 7) is 0. The number of fused-ring (bicyclic) bond motifs is 23. The van der Waals surface area contributed by atoms with Gasteiger partial charge < -0.3 is 14.2 Å². The molecule has 0 atom stereocenters. The molecule has 25 aromatic carbocycles. The minimum Gasteiger partial charge on any atom is -0.456 e. The topological polar surface area (TPSA) is 112 Å². The van der Waals surface area contributed by atoms with Crippen molar-refractivity contribution in [1.82, 2.24) is 4.98 Å². The van der Waals surface area contributed by atoms with Crippen LogP contribution >= 0.6 is 0 Å². The third-order valence-electron chi connectivity index (χ3n) is 28.5. The quantitative estimate of drug-likeness (QED) is 0.152. The Kier molecular flexibility index (Phi) is 17.8. The highest BCUT2D eigenvalue weighted by Gasteiger charge is 2.29. The standard InChI is InChI=1S/2C45H25NO.C40H22N2O/c46-26-31-19-21-38-37-20-18-30(23-44(37)47-43-15-7-14-32(31)45(38)43)40-25-42-35-12-5-3-10-33(35)39(24-41(42)36-13-6-4-11-34(36)40)29-17-16-27-8-1-2-9-28(27)22-29;46-26-29-20-22-38-37-21-19-28(23-44(37)47-43-18-8-16-31(29)45(38)43)39-24-41-36-15-6-5-14-35(36)40(25-42(41)34-13-4-3-12-33(34)39)32-17-7-10-27-9-1-2-11-30(27)32;41-22-25-15-17-33-32-16-14-24(19-39(32)43-38-13-5-12-27(25)40(33)38)34-20-36-31-11-4-2-9-29(31)35(26-7-6-18-42-23-26)21-37(36)30-10-3-1-8-28(30)34/h2*1-25H;1-21,23H. The summed E-state index contributed by atoms with van der Waals surface area (Å²) in [5.41, 5.74) is 22.4. The van der Waals surface area contributed by atoms with Crippen LogP contribution in [0.2, 0.25) is 0 Å². The molecule has 3 aliphatic rings. The number of ether oxygens (including phenoxy) is 3. The van der Waals surface area contributed by atoms with Crippen molar-refractivity contribution in [1.29, 1.82) is 15.8 Å². The van der Waals surface area contributed by atoms with Gasteiger partial charge in [-0.1, -0.05) is 303 Å². The first kappa shape index (κ1) is 78.0. The van der Waals surface area contributed by atoms with Gasteiger partial charge in [0.1, 0.15) is 34.5 Å². The third kappa shape index (κ3) is 12.4. The normalized spacial score (nSPS) is 11.9. The predicted octanol–water partition coefficient (Wildman–Crippen LogP) is 35.5. The Bertz CT molecular complexity index is 9960. The Morgan fingerprint density at radius 3 is 0.810 bits per heavy atom. The van der Waals surface area contributed by atoms with Crippen LogP contribution in [0.15, 0.2) is 437 Å². The number of rotatable bonds is 6. The minimum absolute atomic E-state index is 0.658. The van der Waals surface area contributed by atoms with Gasteiger partial charge in [-0.25, -0.2) is 0 Å². The maximum atomic E-state index is 9.72. The Morgan fingerprint density at radius 1 is 0.161 bits per heavy atom. The molecular formula is C130H72N4O3. The van der Waals surface area contributed by atoms with Crippen LogP contribution in [0.1, 0.15) is 16.7 Å². The van der Waals surface area contributed by atoms with E-state index in [4.69, 9.17) is 14.2 Å². The maximum absolute atomic E-state index is 9.72. The van der Waals surface area contributed by atoms with E-state index in [1.807, 2.05) is 97.3 Å². The average Bonchev–Trinajstić information content (AvgIpc) is 0.730. The number of pyridine rings is 1. The molecule has 630 valence electrons. The highest BCUT2D eigenvalue weighted by atomic mass is 16.5. The fourth-order valence-electron chi connectivity index (χ4n) is 22.3. The lowest BCUT2D eigenvalue weighted by molar-refractivity contribution is 0.487. The van der Waals surface area contributed by atoms with E-state index < -0.39 is 0 Å². The number of hydrogen-bond acceptors (Lipinski definition) is 7. The van der Waals surface area contributed by atoms with Crippen LogP contribution in [0.4, 0.5) is 0 Å². The monoisotopic (exact) mass is 1740 g/mol. The lowest BCUT2D eigenvalue weighted by atomic mass is 9.86. The Morgan fingerprint density at radius 2 is 0.445 bits per heavy atom. The van der Waals surface area contributed by atoms with Crippen molar-refractivity contribution in [3.8, 4) is 153 Å². The van der Waals surface area contributed by atoms with Gasteiger partial charge in [0.15, 0.2) is 0 Å². The van der Waals surface area contributed by atoms with E-state index >= 15 is 0 Å². The zero-order valence-electron chi connectivity index (χ0n) is 73.6. The average molecular weight is 1740 g/mol. The number of hydrogen-bond donors (Lipinski definition) is 0. The summed E-state index contributed by atoms with van der Waals surface area (Å²) in [5.74, 6) is 4.83. The van der Waals surface area contributed by atoms with E-state index in [1.54, 1.807) is 0 Å². The molecule has 26 aromatic rings. The van der Waals surface area contributed by atoms with Gasteiger partial charge >= 0.3 is 0 Å². The second-order valence-electron chi connectivity index (χ2n) is 35.7. The molecule has 0 amide bonds. The molecule has 0 unspecified atom stereocenters. The van der Waals surface area contributed by atoms with Gasteiger partial charge in [0.05, 0.1) is 34.9 Å². The van der Waals surface area contributed by atoms with E-state index in [0.29, 0.717) is 16.7 Å². The molecule has 1 aromatic heterocycles. The van der Waals surface area contributed by atoms with Crippen LogP contribution in [-0.4, -0.2) is 4.98 Å². The van der Waals surface area contributed by atoms with Gasteiger partial charge in [-0.3, -0.25) is 4.98 Å². The SMILES string of the molecule is N#Cc1ccc2c3c(cccc13)Oc1cc(-c3cc4c5ccccc5c(-c5ccc6ccccc6c5)cc4c4ccccc34)ccc1-2.N#Cc1ccc2c3c(cccc13)Oc1cc(-c3cc4c5ccccc5c(-c5cccc6ccccc56)cc4c4ccccc34)ccc1-2.N#Cc1ccc2c3c(cccc13)Oc1cc(-c3cc4c5ccccc5c(-c5cccnc5)cc4c4ccccc34)ccc1-2. The molecule has 4 heterocycles. The summed E-state index contributed by atoms with van der Waals surface area (Å²) in [6, 6.07) is 158. The molecule has 0 aliphatic carbocycles. The first-order chi connectivity index (χ1) is 67.8. The van der Waals surface area contributed by atoms with Crippen LogP contribution in [0, 0.1) is 34.0 Å². The molecule has 0 radical (unpaired) electrons. The first-order valence-electron chi connectivity index (χ1n) is 46.1. The second kappa shape index (κ2) is 31.2. The smallest absolute Gasteiger partial charge is 0.135 e. The molecule has 3 aliphatic heterocycles. The van der Waals surface area contributed by atoms with Crippen LogP contribution in [0.3, 0.4) is 0 Å². The lowest BCUT2D eigenvalue weighted by Gasteiger charge is -2.23. The van der Waals surface area contributed by atoms with E-state index in [1.165, 1.54) is 157 Å². The summed E-state index contributed by atoms with van der Waals surface area (Å²) in [5, 5.41) is 61.9. The molecule has 0 spiro atoms. The molecule has 29 rings (SSSR count). The van der Waals surface area contributed by atoms with Crippen molar-refractivity contribution in [3.05, 3.63) is 454 Å². The van der Waals surface area contributed by atoms with Crippen LogP contribution in [0.5, 0.6) is 34.5 Å². The number of benzene rings is 25. The lowest BCUT2D eigenvalue weighted by Crippen LogP contribution is -1.98. The Balaban J connectivity index is 0.000000104. The summed E-state index contributed by atoms with van der Waals surface area (Å²) < 4.78 is 19.7. The molecule has 0 saturated carbocycles. The second-order valence-corrected chi connectivity index (χ2v) is 35.7. The van der Waals surface area contributed by atoms with Crippen molar-refractivity contribution in [2.45, 2.75) is 0 Å². The molecule has 7 nitrogen and oxygen atoms in total. The summed E-state index contributed by atoms with van der Waals surface area (Å²) >= 11 is 0. The van der Waals surface area contributed by atoms with Gasteiger partial charge in [0.2, 0.25) is 0 Å². The summed E-state index contributed by atoms with van der Waals surface area (Å²) in [6.07, 6.45) is 3.76. The van der Waals surface area contributed by atoms with Crippen LogP contribution < -0.4 is 14.2 Å². The third-order valence-corrected chi connectivity index (χ3v) is 28.5. The Labute approximate surface area is 786 Å². The highest BCUT2D eigenvalue weighted by Crippen LogP contribution is 2.56. The van der Waals surface area contributed by atoms with E-state index in [2.05, 4.69) is 363 Å². The molecule has 0 N–H and O–H groups in total. The highest BCUT2D eigenvalue weighted by molar-refractivity contribution is 6.28. The first-order valence-corrected chi connectivity index (χ1v) is 46.1. The van der Waals surface area contributed by atoms with Crippen molar-refractivity contribution >= 4 is 151 Å². The predicted molar refractivity (Wildman–Crippen MR) is 565 cm³/mol. The van der Waals surface area contributed by atoms with E-state index in [9.17, 15) is 15.8 Å². The molecule has 0 bridgehead atoms. The van der Waals surface area contributed by atoms with Crippen LogP contribution in [-0.2, 0) is 0 Å². The van der Waals surface area contributed by atoms with Gasteiger partial charge in [-0.05, 0) is 318 Å². The molecule has 7 heteroatoms. The summed E-state index contributed by atoms with van der Waals surface area (Å²) in [7, 11) is 0. The fraction of sp³-hybridized carbons (Fsp3) is 0. The van der Waals surface area contributed by atoms with Gasteiger partial charge in [-0.15, -0.1) is 0 Å². The number of nitriles is 3. The van der Waals surface area contributed by atoms with Crippen molar-refractivity contribution < 1.29 is 14.2 Å². The fourth-order valence-corrected chi connectivity index (χ4v) is 22.3. The minimum atomic E-state index is 0.658. The van der Waals surface area contributed by atoms with E-state index in [0.717, 1.165) is 128 Å². The molecular weight excluding hydrogens is 1670 g/mol. The maximum Gasteiger partial charge on any atom is 0.135 e. The zero-order valence-corrected chi connectivity index (χ0v) is 73.6.